The Kier molecular flexibility index (Phi) is 11.1. The molecule has 3 heteroatoms. The van der Waals surface area contributed by atoms with Crippen LogP contribution in [0.5, 0.6) is 0 Å². The zero-order chi connectivity index (χ0) is 13.9. The second-order valence-electron chi connectivity index (χ2n) is 5.35. The molecule has 0 saturated heterocycles. The van der Waals surface area contributed by atoms with E-state index in [0.29, 0.717) is 5.54 Å². The quantitative estimate of drug-likeness (QED) is 0.356. The van der Waals surface area contributed by atoms with Crippen molar-refractivity contribution >= 4 is 8.56 Å². The molecule has 0 atom stereocenters. The highest BCUT2D eigenvalue weighted by atomic mass is 28.4. The van der Waals surface area contributed by atoms with Crippen LogP contribution in [0.4, 0.5) is 0 Å². The molecule has 0 rings (SSSR count). The molecular formula is C15H34O2Si. The summed E-state index contributed by atoms with van der Waals surface area (Å²) in [6.45, 7) is 12.5. The van der Waals surface area contributed by atoms with E-state index in [4.69, 9.17) is 8.85 Å². The SMILES string of the molecule is CCCCCCCC[Si](OCC)(OCC)C(C)C. The van der Waals surface area contributed by atoms with Gasteiger partial charge in [-0.3, -0.25) is 0 Å². The Bertz CT molecular complexity index is 177. The topological polar surface area (TPSA) is 18.5 Å². The summed E-state index contributed by atoms with van der Waals surface area (Å²) in [6, 6.07) is 1.17. The molecule has 0 bridgehead atoms. The van der Waals surface area contributed by atoms with Crippen LogP contribution in [0.2, 0.25) is 11.6 Å². The lowest BCUT2D eigenvalue weighted by atomic mass is 10.1. The monoisotopic (exact) mass is 274 g/mol. The highest BCUT2D eigenvalue weighted by Crippen LogP contribution is 2.30. The molecule has 0 radical (unpaired) electrons. The Hall–Kier alpha value is 0.137. The van der Waals surface area contributed by atoms with Crippen LogP contribution in [0, 0.1) is 0 Å². The van der Waals surface area contributed by atoms with E-state index in [1.54, 1.807) is 0 Å². The van der Waals surface area contributed by atoms with Crippen molar-refractivity contribution in [1.29, 1.82) is 0 Å². The van der Waals surface area contributed by atoms with Crippen molar-refractivity contribution in [3.8, 4) is 0 Å². The molecule has 0 heterocycles. The van der Waals surface area contributed by atoms with Crippen molar-refractivity contribution in [3.63, 3.8) is 0 Å². The largest absolute Gasteiger partial charge is 0.394 e. The molecule has 0 aromatic rings. The minimum atomic E-state index is -1.94. The van der Waals surface area contributed by atoms with Gasteiger partial charge < -0.3 is 8.85 Å². The van der Waals surface area contributed by atoms with E-state index in [9.17, 15) is 0 Å². The van der Waals surface area contributed by atoms with Crippen LogP contribution in [-0.2, 0) is 8.85 Å². The minimum absolute atomic E-state index is 0.549. The third kappa shape index (κ3) is 6.91. The van der Waals surface area contributed by atoms with E-state index in [1.165, 1.54) is 44.6 Å². The molecule has 0 saturated carbocycles. The van der Waals surface area contributed by atoms with Crippen molar-refractivity contribution in [3.05, 3.63) is 0 Å². The molecular weight excluding hydrogens is 240 g/mol. The Balaban J connectivity index is 4.06. The van der Waals surface area contributed by atoms with Gasteiger partial charge in [-0.25, -0.2) is 0 Å². The van der Waals surface area contributed by atoms with E-state index >= 15 is 0 Å². The van der Waals surface area contributed by atoms with Crippen LogP contribution in [0.3, 0.4) is 0 Å². The van der Waals surface area contributed by atoms with Gasteiger partial charge in [-0.15, -0.1) is 0 Å². The van der Waals surface area contributed by atoms with Crippen molar-refractivity contribution in [1.82, 2.24) is 0 Å². The van der Waals surface area contributed by atoms with Gasteiger partial charge in [0.15, 0.2) is 0 Å². The fourth-order valence-electron chi connectivity index (χ4n) is 2.45. The highest BCUT2D eigenvalue weighted by molar-refractivity contribution is 6.68. The smallest absolute Gasteiger partial charge is 0.340 e. The molecule has 0 spiro atoms. The molecule has 0 amide bonds. The predicted molar refractivity (Wildman–Crippen MR) is 82.3 cm³/mol. The lowest BCUT2D eigenvalue weighted by molar-refractivity contribution is 0.174. The maximum atomic E-state index is 6.08. The lowest BCUT2D eigenvalue weighted by Crippen LogP contribution is -2.45. The van der Waals surface area contributed by atoms with Gasteiger partial charge in [0.05, 0.1) is 0 Å². The van der Waals surface area contributed by atoms with Gasteiger partial charge in [0.1, 0.15) is 0 Å². The first kappa shape index (κ1) is 18.1. The van der Waals surface area contributed by atoms with Gasteiger partial charge in [0.2, 0.25) is 0 Å². The summed E-state index contributed by atoms with van der Waals surface area (Å²) >= 11 is 0. The molecule has 0 aliphatic rings. The van der Waals surface area contributed by atoms with E-state index in [2.05, 4.69) is 34.6 Å². The van der Waals surface area contributed by atoms with Crippen LogP contribution in [0.15, 0.2) is 0 Å². The summed E-state index contributed by atoms with van der Waals surface area (Å²) in [5, 5.41) is 0. The molecule has 0 aliphatic carbocycles. The van der Waals surface area contributed by atoms with E-state index < -0.39 is 8.56 Å². The van der Waals surface area contributed by atoms with E-state index in [-0.39, 0.29) is 0 Å². The van der Waals surface area contributed by atoms with Crippen LogP contribution in [0.25, 0.3) is 0 Å². The van der Waals surface area contributed by atoms with Gasteiger partial charge in [0.25, 0.3) is 0 Å². The molecule has 0 aliphatic heterocycles. The Morgan fingerprint density at radius 2 is 1.28 bits per heavy atom. The molecule has 0 fully saturated rings. The third-order valence-corrected chi connectivity index (χ3v) is 7.90. The van der Waals surface area contributed by atoms with Crippen LogP contribution in [0.1, 0.15) is 73.1 Å². The Labute approximate surface area is 116 Å². The van der Waals surface area contributed by atoms with Crippen LogP contribution in [-0.4, -0.2) is 21.8 Å². The number of rotatable bonds is 12. The zero-order valence-electron chi connectivity index (χ0n) is 13.3. The van der Waals surface area contributed by atoms with Crippen LogP contribution < -0.4 is 0 Å². The van der Waals surface area contributed by atoms with Gasteiger partial charge in [-0.05, 0) is 25.4 Å². The average molecular weight is 275 g/mol. The van der Waals surface area contributed by atoms with Gasteiger partial charge in [0, 0.05) is 13.2 Å². The summed E-state index contributed by atoms with van der Waals surface area (Å²) in [5.74, 6) is 0. The summed E-state index contributed by atoms with van der Waals surface area (Å²) in [7, 11) is -1.94. The Morgan fingerprint density at radius 1 is 0.778 bits per heavy atom. The maximum absolute atomic E-state index is 6.08. The van der Waals surface area contributed by atoms with Crippen molar-refractivity contribution in [2.45, 2.75) is 84.7 Å². The summed E-state index contributed by atoms with van der Waals surface area (Å²) in [4.78, 5) is 0. The average Bonchev–Trinajstić information content (AvgIpc) is 2.33. The first-order chi connectivity index (χ1) is 8.63. The number of unbranched alkanes of at least 4 members (excludes halogenated alkanes) is 5. The molecule has 2 nitrogen and oxygen atoms in total. The number of hydrogen-bond donors (Lipinski definition) is 0. The summed E-state index contributed by atoms with van der Waals surface area (Å²) < 4.78 is 12.2. The standard InChI is InChI=1S/C15H34O2Si/c1-6-9-10-11-12-13-14-18(15(4)5,16-7-2)17-8-3/h15H,6-14H2,1-5H3. The van der Waals surface area contributed by atoms with E-state index in [1.807, 2.05) is 0 Å². The molecule has 0 N–H and O–H groups in total. The second-order valence-corrected chi connectivity index (χ2v) is 9.21. The Morgan fingerprint density at radius 3 is 1.72 bits per heavy atom. The normalized spacial score (nSPS) is 12.3. The van der Waals surface area contributed by atoms with Gasteiger partial charge >= 0.3 is 8.56 Å². The maximum Gasteiger partial charge on any atom is 0.340 e. The first-order valence-electron chi connectivity index (χ1n) is 7.90. The lowest BCUT2D eigenvalue weighted by Gasteiger charge is -2.33. The third-order valence-electron chi connectivity index (χ3n) is 3.54. The zero-order valence-corrected chi connectivity index (χ0v) is 14.3. The molecule has 18 heavy (non-hydrogen) atoms. The van der Waals surface area contributed by atoms with Gasteiger partial charge in [-0.1, -0.05) is 59.3 Å². The fourth-order valence-corrected chi connectivity index (χ4v) is 5.78. The number of hydrogen-bond acceptors (Lipinski definition) is 2. The fraction of sp³-hybridized carbons (Fsp3) is 1.00. The minimum Gasteiger partial charge on any atom is -0.394 e. The highest BCUT2D eigenvalue weighted by Gasteiger charge is 2.40. The van der Waals surface area contributed by atoms with Crippen molar-refractivity contribution in [2.24, 2.45) is 0 Å². The predicted octanol–water partition coefficient (Wildman–Crippen LogP) is 5.27. The van der Waals surface area contributed by atoms with Gasteiger partial charge in [-0.2, -0.15) is 0 Å². The van der Waals surface area contributed by atoms with Crippen molar-refractivity contribution in [2.75, 3.05) is 13.2 Å². The second kappa shape index (κ2) is 11.0. The molecule has 0 aromatic carbocycles. The summed E-state index contributed by atoms with van der Waals surface area (Å²) in [6.07, 6.45) is 8.06. The molecule has 110 valence electrons. The first-order valence-corrected chi connectivity index (χ1v) is 10.0. The molecule has 0 aromatic heterocycles. The van der Waals surface area contributed by atoms with E-state index in [0.717, 1.165) is 13.2 Å². The molecule has 0 unspecified atom stereocenters. The van der Waals surface area contributed by atoms with Crippen LogP contribution >= 0.6 is 0 Å². The summed E-state index contributed by atoms with van der Waals surface area (Å²) in [5.41, 5.74) is 0.549. The van der Waals surface area contributed by atoms with Crippen molar-refractivity contribution < 1.29 is 8.85 Å².